The zero-order valence-electron chi connectivity index (χ0n) is 22.7. The summed E-state index contributed by atoms with van der Waals surface area (Å²) in [7, 11) is 0. The van der Waals surface area contributed by atoms with Crippen LogP contribution in [0.1, 0.15) is 102 Å². The fraction of sp³-hybridized carbons (Fsp3) is 0.548. The predicted octanol–water partition coefficient (Wildman–Crippen LogP) is 5.58. The Morgan fingerprint density at radius 3 is 1.97 bits per heavy atom. The van der Waals surface area contributed by atoms with Crippen LogP contribution < -0.4 is 0 Å². The highest BCUT2D eigenvalue weighted by molar-refractivity contribution is 5.88. The molecule has 0 fully saturated rings. The van der Waals surface area contributed by atoms with E-state index in [1.165, 1.54) is 30.5 Å². The minimum absolute atomic E-state index is 0.0645. The lowest BCUT2D eigenvalue weighted by Gasteiger charge is -2.37. The molecule has 2 unspecified atom stereocenters. The van der Waals surface area contributed by atoms with Gasteiger partial charge in [-0.15, -0.1) is 0 Å². The molecule has 2 N–H and O–H groups in total. The van der Waals surface area contributed by atoms with E-state index in [1.807, 2.05) is 18.2 Å². The normalized spacial score (nSPS) is 20.6. The molecule has 0 heterocycles. The summed E-state index contributed by atoms with van der Waals surface area (Å²) in [5.74, 6) is 0.0645. The Morgan fingerprint density at radius 1 is 0.886 bits per heavy atom. The molecule has 4 heteroatoms. The number of carbonyl (C=O) groups is 2. The van der Waals surface area contributed by atoms with Gasteiger partial charge in [-0.2, -0.15) is 0 Å². The molecule has 2 aromatic carbocycles. The molecular weight excluding hydrogens is 436 g/mol. The van der Waals surface area contributed by atoms with Crippen LogP contribution in [0, 0.1) is 0 Å². The van der Waals surface area contributed by atoms with Crippen molar-refractivity contribution < 1.29 is 19.8 Å². The Balaban J connectivity index is 1.89. The van der Waals surface area contributed by atoms with Gasteiger partial charge in [0, 0.05) is 12.8 Å². The number of benzene rings is 2. The number of rotatable bonds is 9. The largest absolute Gasteiger partial charge is 0.383 e. The Hall–Kier alpha value is -2.30. The first kappa shape index (κ1) is 27.3. The van der Waals surface area contributed by atoms with Crippen LogP contribution in [0.25, 0.3) is 0 Å². The molecule has 1 aliphatic rings. The van der Waals surface area contributed by atoms with E-state index in [1.54, 1.807) is 13.8 Å². The number of hydrogen-bond donors (Lipinski definition) is 2. The molecule has 190 valence electrons. The van der Waals surface area contributed by atoms with Gasteiger partial charge in [-0.05, 0) is 85.1 Å². The van der Waals surface area contributed by atoms with E-state index in [9.17, 15) is 19.8 Å². The quantitative estimate of drug-likeness (QED) is 0.493. The number of ketones is 2. The first-order chi connectivity index (χ1) is 15.9. The summed E-state index contributed by atoms with van der Waals surface area (Å²) in [5.41, 5.74) is 2.78. The maximum absolute atomic E-state index is 12.5. The van der Waals surface area contributed by atoms with Gasteiger partial charge in [0.2, 0.25) is 0 Å². The van der Waals surface area contributed by atoms with Gasteiger partial charge in [-0.1, -0.05) is 70.2 Å². The molecular formula is C31H42O4. The fourth-order valence-corrected chi connectivity index (χ4v) is 5.71. The zero-order chi connectivity index (χ0) is 26.4. The van der Waals surface area contributed by atoms with Gasteiger partial charge >= 0.3 is 0 Å². The lowest BCUT2D eigenvalue weighted by Crippen LogP contribution is -2.33. The molecule has 4 nitrogen and oxygen atoms in total. The van der Waals surface area contributed by atoms with E-state index < -0.39 is 11.2 Å². The zero-order valence-corrected chi connectivity index (χ0v) is 22.7. The van der Waals surface area contributed by atoms with Crippen LogP contribution in [0.2, 0.25) is 0 Å². The first-order valence-corrected chi connectivity index (χ1v) is 12.7. The van der Waals surface area contributed by atoms with Crippen molar-refractivity contribution in [1.29, 1.82) is 0 Å². The molecule has 1 aliphatic carbocycles. The van der Waals surface area contributed by atoms with Crippen LogP contribution in [0.4, 0.5) is 0 Å². The maximum atomic E-state index is 12.5. The molecule has 0 bridgehead atoms. The standard InChI is InChI=1S/C31H42O4/c1-20-18-31(8,25-15-22(12-13-24(20)25)17-27(33)30(6,7)35)19-28(2,3)23-11-9-10-21(14-23)16-26(32)29(4,5)34/h9-15,20,34-35H,16-19H2,1-8H3. The Bertz CT molecular complexity index is 1110. The predicted molar refractivity (Wildman–Crippen MR) is 141 cm³/mol. The van der Waals surface area contributed by atoms with Crippen molar-refractivity contribution in [1.82, 2.24) is 0 Å². The Morgan fingerprint density at radius 2 is 1.43 bits per heavy atom. The van der Waals surface area contributed by atoms with E-state index in [4.69, 9.17) is 0 Å². The first-order valence-electron chi connectivity index (χ1n) is 12.7. The van der Waals surface area contributed by atoms with Crippen LogP contribution >= 0.6 is 0 Å². The van der Waals surface area contributed by atoms with Gasteiger partial charge in [-0.25, -0.2) is 0 Å². The molecule has 3 rings (SSSR count). The fourth-order valence-electron chi connectivity index (χ4n) is 5.71. The molecule has 35 heavy (non-hydrogen) atoms. The van der Waals surface area contributed by atoms with E-state index in [0.717, 1.165) is 24.0 Å². The summed E-state index contributed by atoms with van der Waals surface area (Å²) in [6.07, 6.45) is 2.39. The van der Waals surface area contributed by atoms with E-state index in [0.29, 0.717) is 5.92 Å². The molecule has 0 aliphatic heterocycles. The topological polar surface area (TPSA) is 74.6 Å². The average molecular weight is 479 g/mol. The molecule has 0 saturated carbocycles. The summed E-state index contributed by atoms with van der Waals surface area (Å²) in [6, 6.07) is 14.5. The molecule has 2 atom stereocenters. The van der Waals surface area contributed by atoms with Crippen LogP contribution in [0.5, 0.6) is 0 Å². The van der Waals surface area contributed by atoms with Gasteiger partial charge in [-0.3, -0.25) is 9.59 Å². The van der Waals surface area contributed by atoms with Gasteiger partial charge in [0.15, 0.2) is 11.6 Å². The molecule has 0 saturated heterocycles. The van der Waals surface area contributed by atoms with Crippen molar-refractivity contribution in [3.63, 3.8) is 0 Å². The number of aliphatic hydroxyl groups is 2. The number of fused-ring (bicyclic) bond motifs is 1. The van der Waals surface area contributed by atoms with Crippen molar-refractivity contribution in [2.75, 3.05) is 0 Å². The van der Waals surface area contributed by atoms with Gasteiger partial charge in [0.1, 0.15) is 11.2 Å². The smallest absolute Gasteiger partial charge is 0.168 e. The summed E-state index contributed by atoms with van der Waals surface area (Å²) < 4.78 is 0. The van der Waals surface area contributed by atoms with Crippen LogP contribution in [0.15, 0.2) is 42.5 Å². The lowest BCUT2D eigenvalue weighted by atomic mass is 9.67. The SMILES string of the molecule is CC1CC(C)(CC(C)(C)c2cccc(CC(=O)C(C)(C)O)c2)c2cc(CC(=O)C(C)(C)O)ccc21. The third kappa shape index (κ3) is 6.10. The second kappa shape index (κ2) is 9.29. The van der Waals surface area contributed by atoms with E-state index in [-0.39, 0.29) is 35.2 Å². The highest BCUT2D eigenvalue weighted by Crippen LogP contribution is 2.52. The van der Waals surface area contributed by atoms with Crippen molar-refractivity contribution >= 4 is 11.6 Å². The lowest BCUT2D eigenvalue weighted by molar-refractivity contribution is -0.133. The minimum Gasteiger partial charge on any atom is -0.383 e. The van der Waals surface area contributed by atoms with Crippen molar-refractivity contribution in [3.8, 4) is 0 Å². The third-order valence-electron chi connectivity index (χ3n) is 7.69. The number of carbonyl (C=O) groups excluding carboxylic acids is 2. The number of Topliss-reactive ketones (excluding diaryl/α,β-unsaturated/α-hetero) is 2. The van der Waals surface area contributed by atoms with E-state index >= 15 is 0 Å². The molecule has 2 aromatic rings. The second-order valence-corrected chi connectivity index (χ2v) is 12.7. The summed E-state index contributed by atoms with van der Waals surface area (Å²) in [4.78, 5) is 24.8. The van der Waals surface area contributed by atoms with Crippen molar-refractivity contribution in [2.24, 2.45) is 0 Å². The second-order valence-electron chi connectivity index (χ2n) is 12.7. The Labute approximate surface area is 210 Å². The van der Waals surface area contributed by atoms with Crippen LogP contribution in [-0.4, -0.2) is 33.0 Å². The molecule has 0 radical (unpaired) electrons. The average Bonchev–Trinajstić information content (AvgIpc) is 2.95. The number of hydrogen-bond acceptors (Lipinski definition) is 4. The molecule has 0 spiro atoms. The minimum atomic E-state index is -1.34. The Kier molecular flexibility index (Phi) is 7.25. The van der Waals surface area contributed by atoms with Crippen molar-refractivity contribution in [2.45, 2.75) is 109 Å². The highest BCUT2D eigenvalue weighted by atomic mass is 16.3. The van der Waals surface area contributed by atoms with Crippen LogP contribution in [-0.2, 0) is 33.3 Å². The van der Waals surface area contributed by atoms with E-state index in [2.05, 4.69) is 52.0 Å². The van der Waals surface area contributed by atoms with Gasteiger partial charge in [0.25, 0.3) is 0 Å². The van der Waals surface area contributed by atoms with Gasteiger partial charge in [0.05, 0.1) is 0 Å². The molecule has 0 aromatic heterocycles. The van der Waals surface area contributed by atoms with Crippen molar-refractivity contribution in [3.05, 3.63) is 70.3 Å². The summed E-state index contributed by atoms with van der Waals surface area (Å²) >= 11 is 0. The van der Waals surface area contributed by atoms with Crippen LogP contribution in [0.3, 0.4) is 0 Å². The van der Waals surface area contributed by atoms with Gasteiger partial charge < -0.3 is 10.2 Å². The summed E-state index contributed by atoms with van der Waals surface area (Å²) in [5, 5.41) is 20.2. The third-order valence-corrected chi connectivity index (χ3v) is 7.69. The maximum Gasteiger partial charge on any atom is 0.168 e. The molecule has 0 amide bonds. The highest BCUT2D eigenvalue weighted by Gasteiger charge is 2.42. The monoisotopic (exact) mass is 478 g/mol. The summed E-state index contributed by atoms with van der Waals surface area (Å²) in [6.45, 7) is 15.2.